The fraction of sp³-hybridized carbons (Fsp3) is 0.524. The van der Waals surface area contributed by atoms with Gasteiger partial charge in [-0.2, -0.15) is 0 Å². The molecule has 138 valence electrons. The molecule has 2 aliphatic rings. The van der Waals surface area contributed by atoms with Gasteiger partial charge in [0.05, 0.1) is 0 Å². The molecule has 0 spiro atoms. The maximum atomic E-state index is 13.0. The molecule has 1 amide bonds. The molecule has 0 atom stereocenters. The van der Waals surface area contributed by atoms with E-state index in [2.05, 4.69) is 9.88 Å². The fourth-order valence-electron chi connectivity index (χ4n) is 4.36. The molecule has 2 saturated heterocycles. The zero-order valence-electron chi connectivity index (χ0n) is 15.6. The van der Waals surface area contributed by atoms with Crippen molar-refractivity contribution in [1.82, 2.24) is 19.4 Å². The number of likely N-dealkylation sites (tertiary alicyclic amines) is 2. The second-order valence-corrected chi connectivity index (χ2v) is 7.58. The maximum Gasteiger partial charge on any atom is 0.270 e. The number of rotatable bonds is 3. The van der Waals surface area contributed by atoms with Crippen LogP contribution in [0.3, 0.4) is 0 Å². The quantitative estimate of drug-likeness (QED) is 0.852. The predicted octanol–water partition coefficient (Wildman–Crippen LogP) is 3.18. The molecule has 0 aliphatic carbocycles. The summed E-state index contributed by atoms with van der Waals surface area (Å²) in [5.74, 6) is 0.157. The first-order valence-electron chi connectivity index (χ1n) is 9.82. The summed E-state index contributed by atoms with van der Waals surface area (Å²) in [6.07, 6.45) is 11.9. The van der Waals surface area contributed by atoms with Crippen molar-refractivity contribution in [2.45, 2.75) is 38.1 Å². The Kier molecular flexibility index (Phi) is 5.07. The molecule has 5 heteroatoms. The molecule has 0 N–H and O–H groups in total. The van der Waals surface area contributed by atoms with Crippen molar-refractivity contribution in [2.24, 2.45) is 7.05 Å². The Balaban J connectivity index is 1.41. The number of aryl methyl sites for hydroxylation is 1. The molecule has 0 bridgehead atoms. The standard InChI is InChI=1S/C21H28N4O/c1-23-16-18(17-5-9-22-10-6-17)15-20(23)21(26)25-13-7-19(8-14-25)24-11-3-2-4-12-24/h5-6,9-10,15-16,19H,2-4,7-8,11-14H2,1H3. The number of pyridine rings is 1. The second-order valence-electron chi connectivity index (χ2n) is 7.58. The fourth-order valence-corrected chi connectivity index (χ4v) is 4.36. The SMILES string of the molecule is Cn1cc(-c2ccncc2)cc1C(=O)N1CCC(N2CCCCC2)CC1. The molecule has 2 fully saturated rings. The van der Waals surface area contributed by atoms with E-state index in [4.69, 9.17) is 0 Å². The number of amides is 1. The molecule has 5 nitrogen and oxygen atoms in total. The van der Waals surface area contributed by atoms with Crippen molar-refractivity contribution >= 4 is 5.91 Å². The lowest BCUT2D eigenvalue weighted by molar-refractivity contribution is 0.0581. The number of carbonyl (C=O) groups excluding carboxylic acids is 1. The Morgan fingerprint density at radius 1 is 1.00 bits per heavy atom. The average molecular weight is 352 g/mol. The van der Waals surface area contributed by atoms with E-state index in [1.807, 2.05) is 40.9 Å². The van der Waals surface area contributed by atoms with Crippen LogP contribution < -0.4 is 0 Å². The van der Waals surface area contributed by atoms with Crippen LogP contribution in [0, 0.1) is 0 Å². The van der Waals surface area contributed by atoms with Gasteiger partial charge in [-0.25, -0.2) is 0 Å². The average Bonchev–Trinajstić information content (AvgIpc) is 3.10. The van der Waals surface area contributed by atoms with Gasteiger partial charge in [0.25, 0.3) is 5.91 Å². The third-order valence-electron chi connectivity index (χ3n) is 5.90. The molecule has 4 heterocycles. The number of aromatic nitrogens is 2. The largest absolute Gasteiger partial charge is 0.346 e. The van der Waals surface area contributed by atoms with E-state index in [-0.39, 0.29) is 5.91 Å². The van der Waals surface area contributed by atoms with Crippen LogP contribution in [0.5, 0.6) is 0 Å². The van der Waals surface area contributed by atoms with Crippen molar-refractivity contribution in [1.29, 1.82) is 0 Å². The molecule has 0 saturated carbocycles. The van der Waals surface area contributed by atoms with Gasteiger partial charge in [-0.05, 0) is 62.5 Å². The smallest absolute Gasteiger partial charge is 0.270 e. The van der Waals surface area contributed by atoms with Gasteiger partial charge in [0.1, 0.15) is 5.69 Å². The minimum absolute atomic E-state index is 0.157. The summed E-state index contributed by atoms with van der Waals surface area (Å²) in [7, 11) is 1.96. The zero-order chi connectivity index (χ0) is 17.9. The molecule has 2 aromatic rings. The molecule has 26 heavy (non-hydrogen) atoms. The first-order chi connectivity index (χ1) is 12.7. The topological polar surface area (TPSA) is 41.4 Å². The minimum atomic E-state index is 0.157. The van der Waals surface area contributed by atoms with E-state index in [1.165, 1.54) is 32.4 Å². The summed E-state index contributed by atoms with van der Waals surface area (Å²) >= 11 is 0. The lowest BCUT2D eigenvalue weighted by Crippen LogP contribution is -2.48. The van der Waals surface area contributed by atoms with Crippen LogP contribution in [-0.2, 0) is 7.05 Å². The highest BCUT2D eigenvalue weighted by atomic mass is 16.2. The highest BCUT2D eigenvalue weighted by Crippen LogP contribution is 2.25. The lowest BCUT2D eigenvalue weighted by Gasteiger charge is -2.40. The van der Waals surface area contributed by atoms with Crippen molar-refractivity contribution < 1.29 is 4.79 Å². The molecule has 2 aromatic heterocycles. The van der Waals surface area contributed by atoms with Crippen LogP contribution in [0.4, 0.5) is 0 Å². The van der Waals surface area contributed by atoms with Crippen molar-refractivity contribution in [3.8, 4) is 11.1 Å². The van der Waals surface area contributed by atoms with Gasteiger partial charge in [-0.3, -0.25) is 9.78 Å². The normalized spacial score (nSPS) is 19.7. The van der Waals surface area contributed by atoms with Crippen molar-refractivity contribution in [2.75, 3.05) is 26.2 Å². The van der Waals surface area contributed by atoms with E-state index in [0.29, 0.717) is 6.04 Å². The van der Waals surface area contributed by atoms with E-state index >= 15 is 0 Å². The number of piperidine rings is 2. The summed E-state index contributed by atoms with van der Waals surface area (Å²) in [6, 6.07) is 6.63. The third-order valence-corrected chi connectivity index (χ3v) is 5.90. The molecular weight excluding hydrogens is 324 g/mol. The Morgan fingerprint density at radius 2 is 1.69 bits per heavy atom. The molecule has 2 aliphatic heterocycles. The van der Waals surface area contributed by atoms with Gasteiger partial charge in [0.2, 0.25) is 0 Å². The Bertz CT molecular complexity index is 741. The van der Waals surface area contributed by atoms with Crippen LogP contribution in [0.25, 0.3) is 11.1 Å². The molecule has 0 radical (unpaired) electrons. The first-order valence-corrected chi connectivity index (χ1v) is 9.82. The van der Waals surface area contributed by atoms with E-state index in [9.17, 15) is 4.79 Å². The summed E-state index contributed by atoms with van der Waals surface area (Å²) in [5, 5.41) is 0. The van der Waals surface area contributed by atoms with Crippen molar-refractivity contribution in [3.05, 3.63) is 42.5 Å². The van der Waals surface area contributed by atoms with Crippen molar-refractivity contribution in [3.63, 3.8) is 0 Å². The van der Waals surface area contributed by atoms with Crippen LogP contribution in [0.1, 0.15) is 42.6 Å². The summed E-state index contributed by atoms with van der Waals surface area (Å²) in [5.41, 5.74) is 2.94. The number of nitrogens with zero attached hydrogens (tertiary/aromatic N) is 4. The highest BCUT2D eigenvalue weighted by Gasteiger charge is 2.29. The number of hydrogen-bond donors (Lipinski definition) is 0. The summed E-state index contributed by atoms with van der Waals surface area (Å²) in [6.45, 7) is 4.23. The summed E-state index contributed by atoms with van der Waals surface area (Å²) in [4.78, 5) is 21.8. The van der Waals surface area contributed by atoms with Crippen LogP contribution in [0.2, 0.25) is 0 Å². The monoisotopic (exact) mass is 352 g/mol. The molecule has 0 unspecified atom stereocenters. The second kappa shape index (κ2) is 7.62. The van der Waals surface area contributed by atoms with Crippen LogP contribution in [-0.4, -0.2) is 57.5 Å². The van der Waals surface area contributed by atoms with Gasteiger partial charge in [-0.15, -0.1) is 0 Å². The Morgan fingerprint density at radius 3 is 2.38 bits per heavy atom. The molecular formula is C21H28N4O. The van der Waals surface area contributed by atoms with E-state index in [0.717, 1.165) is 42.8 Å². The first kappa shape index (κ1) is 17.3. The summed E-state index contributed by atoms with van der Waals surface area (Å²) < 4.78 is 1.95. The highest BCUT2D eigenvalue weighted by molar-refractivity contribution is 5.94. The van der Waals surface area contributed by atoms with Crippen LogP contribution in [0.15, 0.2) is 36.8 Å². The minimum Gasteiger partial charge on any atom is -0.346 e. The number of hydrogen-bond acceptors (Lipinski definition) is 3. The zero-order valence-corrected chi connectivity index (χ0v) is 15.6. The van der Waals surface area contributed by atoms with Gasteiger partial charge in [0, 0.05) is 50.3 Å². The predicted molar refractivity (Wildman–Crippen MR) is 103 cm³/mol. The Hall–Kier alpha value is -2.14. The molecule has 0 aromatic carbocycles. The number of carbonyl (C=O) groups is 1. The third kappa shape index (κ3) is 3.54. The van der Waals surface area contributed by atoms with Gasteiger partial charge in [0.15, 0.2) is 0 Å². The maximum absolute atomic E-state index is 13.0. The molecule has 4 rings (SSSR count). The van der Waals surface area contributed by atoms with Crippen LogP contribution >= 0.6 is 0 Å². The van der Waals surface area contributed by atoms with E-state index in [1.54, 1.807) is 12.4 Å². The van der Waals surface area contributed by atoms with Gasteiger partial charge < -0.3 is 14.4 Å². The Labute approximate surface area is 155 Å². The van der Waals surface area contributed by atoms with Gasteiger partial charge in [-0.1, -0.05) is 6.42 Å². The van der Waals surface area contributed by atoms with Gasteiger partial charge >= 0.3 is 0 Å². The van der Waals surface area contributed by atoms with E-state index < -0.39 is 0 Å². The lowest BCUT2D eigenvalue weighted by atomic mass is 9.99.